The third-order valence-electron chi connectivity index (χ3n) is 2.71. The van der Waals surface area contributed by atoms with E-state index in [2.05, 4.69) is 21.2 Å². The Morgan fingerprint density at radius 3 is 2.29 bits per heavy atom. The number of nitrogen functional groups attached to an aromatic ring is 1. The van der Waals surface area contributed by atoms with E-state index in [0.717, 1.165) is 12.1 Å². The Hall–Kier alpha value is -2.02. The molecule has 3 nitrogen and oxygen atoms in total. The second kappa shape index (κ2) is 5.77. The number of hydrogen-bond acceptors (Lipinski definition) is 2. The molecule has 0 saturated heterocycles. The summed E-state index contributed by atoms with van der Waals surface area (Å²) in [6.07, 6.45) is -4.50. The number of halogens is 4. The molecule has 0 bridgehead atoms. The van der Waals surface area contributed by atoms with Gasteiger partial charge in [-0.1, -0.05) is 0 Å². The van der Waals surface area contributed by atoms with Gasteiger partial charge in [0.2, 0.25) is 0 Å². The Morgan fingerprint density at radius 2 is 1.71 bits per heavy atom. The third kappa shape index (κ3) is 3.75. The lowest BCUT2D eigenvalue weighted by Gasteiger charge is -2.11. The first-order valence-electron chi connectivity index (χ1n) is 5.81. The van der Waals surface area contributed by atoms with Crippen LogP contribution in [0.4, 0.5) is 24.5 Å². The van der Waals surface area contributed by atoms with Crippen molar-refractivity contribution in [2.24, 2.45) is 0 Å². The quantitative estimate of drug-likeness (QED) is 0.786. The molecule has 2 aromatic carbocycles. The van der Waals surface area contributed by atoms with Crippen LogP contribution in [-0.2, 0) is 6.18 Å². The van der Waals surface area contributed by atoms with Crippen LogP contribution in [0.3, 0.4) is 0 Å². The largest absolute Gasteiger partial charge is 0.416 e. The van der Waals surface area contributed by atoms with E-state index in [0.29, 0.717) is 11.4 Å². The average Bonchev–Trinajstić information content (AvgIpc) is 2.40. The summed E-state index contributed by atoms with van der Waals surface area (Å²) in [7, 11) is 0. The molecule has 21 heavy (non-hydrogen) atoms. The number of carbonyl (C=O) groups excluding carboxylic acids is 1. The molecule has 0 fully saturated rings. The number of benzene rings is 2. The van der Waals surface area contributed by atoms with E-state index in [4.69, 9.17) is 5.73 Å². The fourth-order valence-electron chi connectivity index (χ4n) is 1.64. The molecule has 0 unspecified atom stereocenters. The summed E-state index contributed by atoms with van der Waals surface area (Å²) < 4.78 is 38.3. The summed E-state index contributed by atoms with van der Waals surface area (Å²) in [5.41, 5.74) is 5.50. The smallest absolute Gasteiger partial charge is 0.399 e. The second-order valence-electron chi connectivity index (χ2n) is 4.27. The van der Waals surface area contributed by atoms with Gasteiger partial charge < -0.3 is 11.1 Å². The maximum absolute atomic E-state index is 12.7. The van der Waals surface area contributed by atoms with Gasteiger partial charge in [0.15, 0.2) is 0 Å². The van der Waals surface area contributed by atoms with Gasteiger partial charge in [0.1, 0.15) is 0 Å². The van der Waals surface area contributed by atoms with Crippen LogP contribution in [0.2, 0.25) is 0 Å². The molecule has 0 aromatic heterocycles. The van der Waals surface area contributed by atoms with Crippen molar-refractivity contribution in [1.82, 2.24) is 0 Å². The highest BCUT2D eigenvalue weighted by molar-refractivity contribution is 9.10. The van der Waals surface area contributed by atoms with Gasteiger partial charge in [-0.2, -0.15) is 13.2 Å². The van der Waals surface area contributed by atoms with Gasteiger partial charge in [-0.15, -0.1) is 0 Å². The predicted octanol–water partition coefficient (Wildman–Crippen LogP) is 4.30. The summed E-state index contributed by atoms with van der Waals surface area (Å²) in [5.74, 6) is -0.641. The lowest BCUT2D eigenvalue weighted by molar-refractivity contribution is -0.137. The van der Waals surface area contributed by atoms with Crippen molar-refractivity contribution in [3.63, 3.8) is 0 Å². The fourth-order valence-corrected chi connectivity index (χ4v) is 2.07. The minimum atomic E-state index is -4.50. The summed E-state index contributed by atoms with van der Waals surface area (Å²) >= 11 is 3.07. The van der Waals surface area contributed by atoms with Crippen LogP contribution >= 0.6 is 15.9 Å². The topological polar surface area (TPSA) is 55.1 Å². The van der Waals surface area contributed by atoms with Crippen molar-refractivity contribution in [2.45, 2.75) is 6.18 Å². The van der Waals surface area contributed by atoms with E-state index in [9.17, 15) is 18.0 Å². The summed E-state index contributed by atoms with van der Waals surface area (Å²) in [4.78, 5) is 12.1. The molecule has 1 amide bonds. The number of nitrogens with one attached hydrogen (secondary N) is 1. The van der Waals surface area contributed by atoms with E-state index in [1.165, 1.54) is 6.07 Å². The molecule has 0 heterocycles. The molecule has 3 N–H and O–H groups in total. The molecule has 0 radical (unpaired) electrons. The zero-order chi connectivity index (χ0) is 15.6. The summed E-state index contributed by atoms with van der Waals surface area (Å²) in [6, 6.07) is 9.19. The van der Waals surface area contributed by atoms with Gasteiger partial charge in [-0.25, -0.2) is 0 Å². The van der Waals surface area contributed by atoms with Gasteiger partial charge in [-0.3, -0.25) is 4.79 Å². The maximum atomic E-state index is 12.7. The Labute approximate surface area is 127 Å². The van der Waals surface area contributed by atoms with Gasteiger partial charge in [0, 0.05) is 15.8 Å². The van der Waals surface area contributed by atoms with Crippen molar-refractivity contribution in [3.8, 4) is 0 Å². The Bertz CT molecular complexity index is 669. The molecular formula is C14H10BrF3N2O. The van der Waals surface area contributed by atoms with Gasteiger partial charge >= 0.3 is 6.18 Å². The van der Waals surface area contributed by atoms with Crippen molar-refractivity contribution in [1.29, 1.82) is 0 Å². The Kier molecular flexibility index (Phi) is 4.22. The number of nitrogens with two attached hydrogens (primary N) is 1. The molecule has 2 rings (SSSR count). The molecule has 7 heteroatoms. The normalized spacial score (nSPS) is 11.2. The first-order valence-corrected chi connectivity index (χ1v) is 6.60. The zero-order valence-corrected chi connectivity index (χ0v) is 12.1. The first kappa shape index (κ1) is 15.4. The highest BCUT2D eigenvalue weighted by Crippen LogP contribution is 2.32. The van der Waals surface area contributed by atoms with E-state index in [1.807, 2.05) is 0 Å². The maximum Gasteiger partial charge on any atom is 0.416 e. The van der Waals surface area contributed by atoms with Crippen LogP contribution in [0, 0.1) is 0 Å². The third-order valence-corrected chi connectivity index (χ3v) is 3.40. The Morgan fingerprint density at radius 1 is 1.10 bits per heavy atom. The number of anilines is 2. The van der Waals surface area contributed by atoms with Crippen LogP contribution in [0.15, 0.2) is 46.9 Å². The van der Waals surface area contributed by atoms with Gasteiger partial charge in [-0.05, 0) is 58.4 Å². The zero-order valence-electron chi connectivity index (χ0n) is 10.5. The molecule has 0 atom stereocenters. The SMILES string of the molecule is Nc1ccc(NC(=O)c2cc(C(F)(F)F)ccc2Br)cc1. The number of rotatable bonds is 2. The minimum Gasteiger partial charge on any atom is -0.399 e. The lowest BCUT2D eigenvalue weighted by atomic mass is 10.1. The van der Waals surface area contributed by atoms with Crippen molar-refractivity contribution >= 4 is 33.2 Å². The molecular weight excluding hydrogens is 349 g/mol. The highest BCUT2D eigenvalue weighted by atomic mass is 79.9. The van der Waals surface area contributed by atoms with E-state index in [1.54, 1.807) is 24.3 Å². The van der Waals surface area contributed by atoms with Crippen LogP contribution < -0.4 is 11.1 Å². The molecule has 2 aromatic rings. The standard InChI is InChI=1S/C14H10BrF3N2O/c15-12-6-1-8(14(16,17)18)7-11(12)13(21)20-10-4-2-9(19)3-5-10/h1-7H,19H2,(H,20,21). The lowest BCUT2D eigenvalue weighted by Crippen LogP contribution is -2.14. The number of carbonyl (C=O) groups is 1. The van der Waals surface area contributed by atoms with Crippen LogP contribution in [0.25, 0.3) is 0 Å². The average molecular weight is 359 g/mol. The van der Waals surface area contributed by atoms with E-state index >= 15 is 0 Å². The molecule has 0 aliphatic rings. The highest BCUT2D eigenvalue weighted by Gasteiger charge is 2.31. The minimum absolute atomic E-state index is 0.0957. The number of alkyl halides is 3. The van der Waals surface area contributed by atoms with Crippen LogP contribution in [0.5, 0.6) is 0 Å². The molecule has 0 spiro atoms. The predicted molar refractivity (Wildman–Crippen MR) is 78.0 cm³/mol. The molecule has 110 valence electrons. The fraction of sp³-hybridized carbons (Fsp3) is 0.0714. The number of hydrogen-bond donors (Lipinski definition) is 2. The summed E-state index contributed by atoms with van der Waals surface area (Å²) in [6.45, 7) is 0. The van der Waals surface area contributed by atoms with Gasteiger partial charge in [0.05, 0.1) is 11.1 Å². The van der Waals surface area contributed by atoms with Crippen molar-refractivity contribution < 1.29 is 18.0 Å². The molecule has 0 aliphatic heterocycles. The monoisotopic (exact) mass is 358 g/mol. The molecule has 0 saturated carbocycles. The Balaban J connectivity index is 2.28. The molecule has 0 aliphatic carbocycles. The van der Waals surface area contributed by atoms with Crippen LogP contribution in [-0.4, -0.2) is 5.91 Å². The first-order chi connectivity index (χ1) is 9.77. The van der Waals surface area contributed by atoms with E-state index < -0.39 is 17.6 Å². The number of amides is 1. The second-order valence-corrected chi connectivity index (χ2v) is 5.12. The summed E-state index contributed by atoms with van der Waals surface area (Å²) in [5, 5.41) is 2.51. The van der Waals surface area contributed by atoms with Crippen LogP contribution in [0.1, 0.15) is 15.9 Å². The van der Waals surface area contributed by atoms with Crippen molar-refractivity contribution in [3.05, 3.63) is 58.1 Å². The van der Waals surface area contributed by atoms with Gasteiger partial charge in [0.25, 0.3) is 5.91 Å². The van der Waals surface area contributed by atoms with E-state index in [-0.39, 0.29) is 10.0 Å². The van der Waals surface area contributed by atoms with Crippen molar-refractivity contribution in [2.75, 3.05) is 11.1 Å².